The van der Waals surface area contributed by atoms with Gasteiger partial charge in [-0.25, -0.2) is 0 Å². The zero-order chi connectivity index (χ0) is 8.32. The largest absolute Gasteiger partial charge is 0.427 e. The maximum Gasteiger partial charge on any atom is 0.427 e. The van der Waals surface area contributed by atoms with Gasteiger partial charge in [0.1, 0.15) is 0 Å². The average Bonchev–Trinajstić information content (AvgIpc) is 2.06. The Hall–Kier alpha value is 0.0769. The lowest BCUT2D eigenvalue weighted by atomic mass is 10.0. The van der Waals surface area contributed by atoms with Gasteiger partial charge in [-0.2, -0.15) is 0 Å². The molecule has 0 aromatic carbocycles. The van der Waals surface area contributed by atoms with Crippen molar-refractivity contribution in [2.24, 2.45) is 0 Å². The van der Waals surface area contributed by atoms with Crippen LogP contribution in [0.1, 0.15) is 39.0 Å². The molecule has 1 saturated carbocycles. The number of hydrogen-bond donors (Lipinski definition) is 0. The van der Waals surface area contributed by atoms with Gasteiger partial charge in [-0.05, 0) is 18.9 Å². The Balaban J connectivity index is 2.43. The Kier molecular flexibility index (Phi) is 3.04. The zero-order valence-electron chi connectivity index (χ0n) is 7.08. The van der Waals surface area contributed by atoms with E-state index in [1.54, 1.807) is 6.92 Å². The summed E-state index contributed by atoms with van der Waals surface area (Å²) in [7, 11) is -3.78. The van der Waals surface area contributed by atoms with Crippen LogP contribution in [-0.4, -0.2) is 8.74 Å². The minimum atomic E-state index is -3.78. The first kappa shape index (κ1) is 9.17. The van der Waals surface area contributed by atoms with E-state index in [0.29, 0.717) is 0 Å². The lowest BCUT2D eigenvalue weighted by molar-refractivity contribution is 0.432. The van der Waals surface area contributed by atoms with Crippen LogP contribution in [0.25, 0.3) is 0 Å². The van der Waals surface area contributed by atoms with Crippen molar-refractivity contribution in [1.82, 2.24) is 0 Å². The summed E-state index contributed by atoms with van der Waals surface area (Å²) < 4.78 is 26.4. The van der Waals surface area contributed by atoms with E-state index < -0.39 is 8.74 Å². The minimum absolute atomic E-state index is 0.150. The SMILES string of the molecule is CC[Si](F)(F)C1CCCCC1. The first-order chi connectivity index (χ1) is 5.17. The van der Waals surface area contributed by atoms with Crippen molar-refractivity contribution in [2.45, 2.75) is 50.6 Å². The summed E-state index contributed by atoms with van der Waals surface area (Å²) in [5.41, 5.74) is -0.179. The standard InChI is InChI=1S/C8H16F2Si/c1-2-11(9,10)8-6-4-3-5-7-8/h8H,2-7H2,1H3. The van der Waals surface area contributed by atoms with Gasteiger partial charge in [0.05, 0.1) is 0 Å². The molecule has 3 heteroatoms. The zero-order valence-corrected chi connectivity index (χ0v) is 8.08. The summed E-state index contributed by atoms with van der Waals surface area (Å²) in [6.45, 7) is 1.64. The molecule has 66 valence electrons. The Bertz CT molecular complexity index is 119. The first-order valence-electron chi connectivity index (χ1n) is 4.54. The molecule has 0 heterocycles. The van der Waals surface area contributed by atoms with Crippen LogP contribution < -0.4 is 0 Å². The monoisotopic (exact) mass is 178 g/mol. The Morgan fingerprint density at radius 2 is 1.73 bits per heavy atom. The van der Waals surface area contributed by atoms with Crippen molar-refractivity contribution < 1.29 is 8.22 Å². The fourth-order valence-corrected chi connectivity index (χ4v) is 3.64. The Morgan fingerprint density at radius 3 is 2.18 bits per heavy atom. The third-order valence-corrected chi connectivity index (χ3v) is 5.39. The van der Waals surface area contributed by atoms with Crippen molar-refractivity contribution in [1.29, 1.82) is 0 Å². The second-order valence-electron chi connectivity index (χ2n) is 3.45. The third kappa shape index (κ3) is 2.25. The topological polar surface area (TPSA) is 0 Å². The molecule has 0 nitrogen and oxygen atoms in total. The first-order valence-corrected chi connectivity index (χ1v) is 6.58. The van der Waals surface area contributed by atoms with Gasteiger partial charge in [-0.15, -0.1) is 0 Å². The fourth-order valence-electron chi connectivity index (χ4n) is 1.81. The summed E-state index contributed by atoms with van der Waals surface area (Å²) in [6.07, 6.45) is 4.84. The molecular weight excluding hydrogens is 162 g/mol. The van der Waals surface area contributed by atoms with Crippen LogP contribution in [0.15, 0.2) is 0 Å². The highest BCUT2D eigenvalue weighted by atomic mass is 28.4. The number of rotatable bonds is 2. The van der Waals surface area contributed by atoms with Gasteiger partial charge in [-0.1, -0.05) is 26.2 Å². The minimum Gasteiger partial charge on any atom is -0.270 e. The molecule has 0 spiro atoms. The highest BCUT2D eigenvalue weighted by molar-refractivity contribution is 6.67. The summed E-state index contributed by atoms with van der Waals surface area (Å²) in [6, 6.07) is 0.150. The maximum absolute atomic E-state index is 13.2. The van der Waals surface area contributed by atoms with Crippen LogP contribution in [0.3, 0.4) is 0 Å². The molecule has 0 amide bonds. The van der Waals surface area contributed by atoms with E-state index in [1.165, 1.54) is 6.42 Å². The van der Waals surface area contributed by atoms with Gasteiger partial charge >= 0.3 is 8.74 Å². The smallest absolute Gasteiger partial charge is 0.270 e. The quantitative estimate of drug-likeness (QED) is 0.446. The summed E-state index contributed by atoms with van der Waals surface area (Å²) in [5.74, 6) is 0. The van der Waals surface area contributed by atoms with E-state index in [2.05, 4.69) is 0 Å². The molecule has 1 fully saturated rings. The lowest BCUT2D eigenvalue weighted by Gasteiger charge is -2.26. The molecule has 1 aliphatic rings. The number of hydrogen-bond acceptors (Lipinski definition) is 0. The Labute approximate surface area is 68.3 Å². The van der Waals surface area contributed by atoms with Crippen LogP contribution in [0, 0.1) is 0 Å². The molecule has 0 aromatic heterocycles. The highest BCUT2D eigenvalue weighted by Gasteiger charge is 2.42. The molecule has 1 rings (SSSR count). The number of halogens is 2. The van der Waals surface area contributed by atoms with E-state index in [-0.39, 0.29) is 11.6 Å². The van der Waals surface area contributed by atoms with Gasteiger partial charge in [0, 0.05) is 5.54 Å². The molecular formula is C8H16F2Si. The van der Waals surface area contributed by atoms with E-state index in [9.17, 15) is 8.22 Å². The molecule has 1 aliphatic carbocycles. The van der Waals surface area contributed by atoms with Crippen LogP contribution in [0.4, 0.5) is 8.22 Å². The lowest BCUT2D eigenvalue weighted by Crippen LogP contribution is -2.30. The molecule has 0 aliphatic heterocycles. The van der Waals surface area contributed by atoms with Crippen molar-refractivity contribution in [3.8, 4) is 0 Å². The van der Waals surface area contributed by atoms with Gasteiger partial charge < -0.3 is 0 Å². The highest BCUT2D eigenvalue weighted by Crippen LogP contribution is 2.40. The van der Waals surface area contributed by atoms with Gasteiger partial charge in [-0.3, -0.25) is 8.22 Å². The summed E-state index contributed by atoms with van der Waals surface area (Å²) in [5, 5.41) is 0. The predicted octanol–water partition coefficient (Wildman–Crippen LogP) is 3.72. The summed E-state index contributed by atoms with van der Waals surface area (Å²) in [4.78, 5) is 0. The Morgan fingerprint density at radius 1 is 1.18 bits per heavy atom. The van der Waals surface area contributed by atoms with Gasteiger partial charge in [0.25, 0.3) is 0 Å². The van der Waals surface area contributed by atoms with Crippen LogP contribution in [-0.2, 0) is 0 Å². The van der Waals surface area contributed by atoms with Gasteiger partial charge in [0.2, 0.25) is 0 Å². The second-order valence-corrected chi connectivity index (χ2v) is 6.50. The van der Waals surface area contributed by atoms with Crippen LogP contribution in [0.2, 0.25) is 11.6 Å². The maximum atomic E-state index is 13.2. The van der Waals surface area contributed by atoms with Crippen molar-refractivity contribution in [3.05, 3.63) is 0 Å². The molecule has 0 unspecified atom stereocenters. The molecule has 0 radical (unpaired) electrons. The van der Waals surface area contributed by atoms with Gasteiger partial charge in [0.15, 0.2) is 0 Å². The van der Waals surface area contributed by atoms with Crippen LogP contribution >= 0.6 is 0 Å². The molecule has 11 heavy (non-hydrogen) atoms. The average molecular weight is 178 g/mol. The molecule has 0 N–H and O–H groups in total. The van der Waals surface area contributed by atoms with E-state index in [0.717, 1.165) is 25.7 Å². The molecule has 0 saturated heterocycles. The van der Waals surface area contributed by atoms with Crippen LogP contribution in [0.5, 0.6) is 0 Å². The second kappa shape index (κ2) is 3.65. The molecule has 0 bridgehead atoms. The summed E-state index contributed by atoms with van der Waals surface area (Å²) >= 11 is 0. The predicted molar refractivity (Wildman–Crippen MR) is 45.3 cm³/mol. The third-order valence-electron chi connectivity index (χ3n) is 2.67. The normalized spacial score (nSPS) is 22.1. The van der Waals surface area contributed by atoms with E-state index in [1.807, 2.05) is 0 Å². The van der Waals surface area contributed by atoms with E-state index in [4.69, 9.17) is 0 Å². The van der Waals surface area contributed by atoms with Crippen molar-refractivity contribution >= 4 is 8.74 Å². The van der Waals surface area contributed by atoms with E-state index >= 15 is 0 Å². The molecule has 0 aromatic rings. The van der Waals surface area contributed by atoms with Crippen molar-refractivity contribution in [2.75, 3.05) is 0 Å². The molecule has 0 atom stereocenters. The fraction of sp³-hybridized carbons (Fsp3) is 1.00. The van der Waals surface area contributed by atoms with Crippen molar-refractivity contribution in [3.63, 3.8) is 0 Å².